The van der Waals surface area contributed by atoms with E-state index >= 15 is 0 Å². The van der Waals surface area contributed by atoms with Crippen molar-refractivity contribution in [3.05, 3.63) is 23.8 Å². The van der Waals surface area contributed by atoms with Crippen molar-refractivity contribution < 1.29 is 4.79 Å². The Morgan fingerprint density at radius 3 is 2.70 bits per heavy atom. The number of likely N-dealkylation sites (tertiary alicyclic amines) is 1. The number of piperidine rings is 1. The molecule has 0 aromatic carbocycles. The van der Waals surface area contributed by atoms with Crippen molar-refractivity contribution >= 4 is 5.91 Å². The summed E-state index contributed by atoms with van der Waals surface area (Å²) in [5.74, 6) is 0.329. The molecule has 1 saturated heterocycles. The van der Waals surface area contributed by atoms with Crippen LogP contribution in [0.4, 0.5) is 0 Å². The van der Waals surface area contributed by atoms with Crippen LogP contribution < -0.4 is 5.32 Å². The van der Waals surface area contributed by atoms with Gasteiger partial charge in [-0.1, -0.05) is 13.3 Å². The first-order chi connectivity index (χ1) is 9.66. The molecule has 1 aromatic rings. The Morgan fingerprint density at radius 2 is 2.00 bits per heavy atom. The van der Waals surface area contributed by atoms with Gasteiger partial charge in [-0.3, -0.25) is 9.78 Å². The molecule has 1 aliphatic rings. The van der Waals surface area contributed by atoms with Gasteiger partial charge in [0.05, 0.1) is 5.69 Å². The molecule has 1 aromatic heterocycles. The lowest BCUT2D eigenvalue weighted by Gasteiger charge is -2.29. The average Bonchev–Trinajstić information content (AvgIpc) is 2.46. The Kier molecular flexibility index (Phi) is 5.47. The lowest BCUT2D eigenvalue weighted by molar-refractivity contribution is 0.0936. The Balaban J connectivity index is 1.76. The Morgan fingerprint density at radius 1 is 1.30 bits per heavy atom. The topological polar surface area (TPSA) is 58.1 Å². The normalized spacial score (nSPS) is 17.7. The number of nitrogens with zero attached hydrogens (tertiary/aromatic N) is 3. The second kappa shape index (κ2) is 7.33. The molecule has 1 amide bonds. The van der Waals surface area contributed by atoms with Crippen LogP contribution in [0, 0.1) is 12.8 Å². The Labute approximate surface area is 120 Å². The van der Waals surface area contributed by atoms with Crippen molar-refractivity contribution in [1.82, 2.24) is 20.2 Å². The van der Waals surface area contributed by atoms with E-state index in [9.17, 15) is 4.79 Å². The summed E-state index contributed by atoms with van der Waals surface area (Å²) in [6.07, 6.45) is 7.12. The maximum absolute atomic E-state index is 12.0. The number of amides is 1. The minimum Gasteiger partial charge on any atom is -0.350 e. The maximum atomic E-state index is 12.0. The SMILES string of the molecule is Cc1nccnc1C(=O)NCC(C)CN1CCCCC1. The third-order valence-corrected chi connectivity index (χ3v) is 3.73. The highest BCUT2D eigenvalue weighted by atomic mass is 16.1. The molecular formula is C15H24N4O. The maximum Gasteiger partial charge on any atom is 0.271 e. The van der Waals surface area contributed by atoms with E-state index in [1.807, 2.05) is 0 Å². The summed E-state index contributed by atoms with van der Waals surface area (Å²) in [6.45, 7) is 8.12. The van der Waals surface area contributed by atoms with Crippen LogP contribution in [0.1, 0.15) is 42.4 Å². The minimum atomic E-state index is -0.124. The summed E-state index contributed by atoms with van der Waals surface area (Å²) in [7, 11) is 0. The molecule has 5 heteroatoms. The minimum absolute atomic E-state index is 0.124. The molecular weight excluding hydrogens is 252 g/mol. The van der Waals surface area contributed by atoms with Crippen molar-refractivity contribution in [1.29, 1.82) is 0 Å². The number of nitrogens with one attached hydrogen (secondary N) is 1. The Bertz CT molecular complexity index is 443. The van der Waals surface area contributed by atoms with E-state index in [0.717, 1.165) is 6.54 Å². The predicted octanol–water partition coefficient (Wildman–Crippen LogP) is 1.64. The fourth-order valence-corrected chi connectivity index (χ4v) is 2.63. The van der Waals surface area contributed by atoms with Gasteiger partial charge in [-0.2, -0.15) is 0 Å². The van der Waals surface area contributed by atoms with Gasteiger partial charge in [0.15, 0.2) is 0 Å². The summed E-state index contributed by atoms with van der Waals surface area (Å²) in [5, 5.41) is 2.96. The molecule has 1 unspecified atom stereocenters. The molecule has 1 fully saturated rings. The van der Waals surface area contributed by atoms with Crippen molar-refractivity contribution in [2.45, 2.75) is 33.1 Å². The monoisotopic (exact) mass is 276 g/mol. The molecule has 2 rings (SSSR count). The number of carbonyl (C=O) groups is 1. The predicted molar refractivity (Wildman–Crippen MR) is 78.6 cm³/mol. The molecule has 0 spiro atoms. The fourth-order valence-electron chi connectivity index (χ4n) is 2.63. The number of hydrogen-bond acceptors (Lipinski definition) is 4. The number of aryl methyl sites for hydroxylation is 1. The smallest absolute Gasteiger partial charge is 0.271 e. The van der Waals surface area contributed by atoms with E-state index < -0.39 is 0 Å². The van der Waals surface area contributed by atoms with Crippen LogP contribution in [-0.2, 0) is 0 Å². The van der Waals surface area contributed by atoms with Crippen LogP contribution in [0.5, 0.6) is 0 Å². The van der Waals surface area contributed by atoms with Gasteiger partial charge in [-0.15, -0.1) is 0 Å². The summed E-state index contributed by atoms with van der Waals surface area (Å²) in [6, 6.07) is 0. The van der Waals surface area contributed by atoms with Crippen molar-refractivity contribution in [3.8, 4) is 0 Å². The van der Waals surface area contributed by atoms with Crippen LogP contribution in [-0.4, -0.2) is 47.0 Å². The first-order valence-electron chi connectivity index (χ1n) is 7.45. The van der Waals surface area contributed by atoms with Gasteiger partial charge < -0.3 is 10.2 Å². The van der Waals surface area contributed by atoms with Gasteiger partial charge in [-0.25, -0.2) is 4.98 Å². The molecule has 2 heterocycles. The van der Waals surface area contributed by atoms with Crippen LogP contribution in [0.25, 0.3) is 0 Å². The number of aromatic nitrogens is 2. The third kappa shape index (κ3) is 4.27. The standard InChI is InChI=1S/C15H24N4O/c1-12(11-19-8-4-3-5-9-19)10-18-15(20)14-13(2)16-6-7-17-14/h6-7,12H,3-5,8-11H2,1-2H3,(H,18,20). The van der Waals surface area contributed by atoms with Crippen LogP contribution in [0.2, 0.25) is 0 Å². The van der Waals surface area contributed by atoms with Crippen molar-refractivity contribution in [3.63, 3.8) is 0 Å². The molecule has 5 nitrogen and oxygen atoms in total. The van der Waals surface area contributed by atoms with Gasteiger partial charge in [0.25, 0.3) is 5.91 Å². The van der Waals surface area contributed by atoms with Gasteiger partial charge in [0, 0.05) is 25.5 Å². The average molecular weight is 276 g/mol. The van der Waals surface area contributed by atoms with E-state index in [-0.39, 0.29) is 5.91 Å². The first-order valence-corrected chi connectivity index (χ1v) is 7.45. The summed E-state index contributed by atoms with van der Waals surface area (Å²) in [5.41, 5.74) is 1.10. The van der Waals surface area contributed by atoms with Crippen molar-refractivity contribution in [2.24, 2.45) is 5.92 Å². The van der Waals surface area contributed by atoms with E-state index in [1.54, 1.807) is 19.3 Å². The highest BCUT2D eigenvalue weighted by molar-refractivity contribution is 5.93. The zero-order valence-corrected chi connectivity index (χ0v) is 12.4. The summed E-state index contributed by atoms with van der Waals surface area (Å²) in [4.78, 5) is 22.7. The third-order valence-electron chi connectivity index (χ3n) is 3.73. The molecule has 1 aliphatic heterocycles. The molecule has 20 heavy (non-hydrogen) atoms. The number of carbonyl (C=O) groups excluding carboxylic acids is 1. The molecule has 0 bridgehead atoms. The summed E-state index contributed by atoms with van der Waals surface area (Å²) >= 11 is 0. The quantitative estimate of drug-likeness (QED) is 0.888. The lowest BCUT2D eigenvalue weighted by atomic mass is 10.1. The van der Waals surface area contributed by atoms with E-state index in [4.69, 9.17) is 0 Å². The number of rotatable bonds is 5. The zero-order chi connectivity index (χ0) is 14.4. The van der Waals surface area contributed by atoms with Gasteiger partial charge in [-0.05, 0) is 38.8 Å². The Hall–Kier alpha value is -1.49. The van der Waals surface area contributed by atoms with Gasteiger partial charge in [0.2, 0.25) is 0 Å². The second-order valence-corrected chi connectivity index (χ2v) is 5.67. The molecule has 110 valence electrons. The van der Waals surface area contributed by atoms with Crippen LogP contribution in [0.15, 0.2) is 12.4 Å². The van der Waals surface area contributed by atoms with E-state index in [2.05, 4.69) is 27.1 Å². The second-order valence-electron chi connectivity index (χ2n) is 5.67. The number of hydrogen-bond donors (Lipinski definition) is 1. The molecule has 0 aliphatic carbocycles. The fraction of sp³-hybridized carbons (Fsp3) is 0.667. The van der Waals surface area contributed by atoms with Crippen molar-refractivity contribution in [2.75, 3.05) is 26.2 Å². The first kappa shape index (κ1) is 14.9. The summed E-state index contributed by atoms with van der Waals surface area (Å²) < 4.78 is 0. The molecule has 1 N–H and O–H groups in total. The largest absolute Gasteiger partial charge is 0.350 e. The van der Waals surface area contributed by atoms with Gasteiger partial charge >= 0.3 is 0 Å². The van der Waals surface area contributed by atoms with Crippen LogP contribution in [0.3, 0.4) is 0 Å². The van der Waals surface area contributed by atoms with Crippen LogP contribution >= 0.6 is 0 Å². The lowest BCUT2D eigenvalue weighted by Crippen LogP contribution is -2.38. The van der Waals surface area contributed by atoms with E-state index in [1.165, 1.54) is 32.4 Å². The highest BCUT2D eigenvalue weighted by Gasteiger charge is 2.15. The van der Waals surface area contributed by atoms with Gasteiger partial charge in [0.1, 0.15) is 5.69 Å². The molecule has 1 atom stereocenters. The zero-order valence-electron chi connectivity index (χ0n) is 12.4. The van der Waals surface area contributed by atoms with E-state index in [0.29, 0.717) is 23.9 Å². The highest BCUT2D eigenvalue weighted by Crippen LogP contribution is 2.10. The molecule has 0 saturated carbocycles. The molecule has 0 radical (unpaired) electrons.